The summed E-state index contributed by atoms with van der Waals surface area (Å²) < 4.78 is 27.6. The number of benzene rings is 1. The van der Waals surface area contributed by atoms with Crippen molar-refractivity contribution in [2.45, 2.75) is 43.5 Å². The van der Waals surface area contributed by atoms with Crippen LogP contribution in [0.1, 0.15) is 36.8 Å². The van der Waals surface area contributed by atoms with E-state index in [1.54, 1.807) is 13.0 Å². The SMILES string of the molecule is Cc1cc(C#N)ccc1S(=O)(=O)N1CCCC(CNC(=O)C2CCCN2)C1. The molecule has 8 heteroatoms. The van der Waals surface area contributed by atoms with E-state index in [0.29, 0.717) is 30.8 Å². The summed E-state index contributed by atoms with van der Waals surface area (Å²) in [6.45, 7) is 3.97. The second kappa shape index (κ2) is 8.38. The molecule has 2 heterocycles. The van der Waals surface area contributed by atoms with Crippen LogP contribution in [-0.4, -0.2) is 50.9 Å². The van der Waals surface area contributed by atoms with Gasteiger partial charge in [0.25, 0.3) is 0 Å². The van der Waals surface area contributed by atoms with E-state index in [9.17, 15) is 13.2 Å². The van der Waals surface area contributed by atoms with Gasteiger partial charge in [-0.05, 0) is 68.8 Å². The van der Waals surface area contributed by atoms with E-state index in [1.165, 1.54) is 16.4 Å². The van der Waals surface area contributed by atoms with E-state index in [2.05, 4.69) is 10.6 Å². The molecule has 27 heavy (non-hydrogen) atoms. The van der Waals surface area contributed by atoms with Crippen molar-refractivity contribution in [2.75, 3.05) is 26.2 Å². The van der Waals surface area contributed by atoms with Crippen LogP contribution in [0.3, 0.4) is 0 Å². The standard InChI is InChI=1S/C19H26N4O3S/c1-14-10-15(11-20)6-7-18(14)27(25,26)23-9-3-4-16(13-23)12-22-19(24)17-5-2-8-21-17/h6-7,10,16-17,21H,2-5,8-9,12-13H2,1H3,(H,22,24). The van der Waals surface area contributed by atoms with Crippen LogP contribution in [0.4, 0.5) is 0 Å². The largest absolute Gasteiger partial charge is 0.354 e. The van der Waals surface area contributed by atoms with Gasteiger partial charge in [-0.3, -0.25) is 4.79 Å². The van der Waals surface area contributed by atoms with E-state index in [0.717, 1.165) is 32.2 Å². The van der Waals surface area contributed by atoms with Crippen LogP contribution in [0.2, 0.25) is 0 Å². The number of aryl methyl sites for hydroxylation is 1. The number of hydrogen-bond donors (Lipinski definition) is 2. The Morgan fingerprint density at radius 3 is 2.85 bits per heavy atom. The number of carbonyl (C=O) groups excluding carboxylic acids is 1. The van der Waals surface area contributed by atoms with E-state index >= 15 is 0 Å². The fraction of sp³-hybridized carbons (Fsp3) is 0.579. The van der Waals surface area contributed by atoms with Crippen LogP contribution >= 0.6 is 0 Å². The highest BCUT2D eigenvalue weighted by Gasteiger charge is 2.32. The van der Waals surface area contributed by atoms with Crippen LogP contribution in [0.15, 0.2) is 23.1 Å². The molecule has 2 aliphatic heterocycles. The lowest BCUT2D eigenvalue weighted by Gasteiger charge is -2.32. The predicted octanol–water partition coefficient (Wildman–Crippen LogP) is 1.14. The van der Waals surface area contributed by atoms with Gasteiger partial charge in [0, 0.05) is 19.6 Å². The quantitative estimate of drug-likeness (QED) is 0.785. The van der Waals surface area contributed by atoms with Gasteiger partial charge in [0.05, 0.1) is 22.6 Å². The first kappa shape index (κ1) is 19.8. The van der Waals surface area contributed by atoms with Crippen molar-refractivity contribution in [3.63, 3.8) is 0 Å². The Balaban J connectivity index is 1.64. The third-order valence-electron chi connectivity index (χ3n) is 5.35. The number of carbonyl (C=O) groups is 1. The Labute approximate surface area is 160 Å². The number of nitrogens with one attached hydrogen (secondary N) is 2. The molecule has 2 unspecified atom stereocenters. The van der Waals surface area contributed by atoms with Gasteiger partial charge in [-0.25, -0.2) is 8.42 Å². The molecule has 0 aromatic heterocycles. The number of piperidine rings is 1. The highest BCUT2D eigenvalue weighted by molar-refractivity contribution is 7.89. The highest BCUT2D eigenvalue weighted by atomic mass is 32.2. The number of amides is 1. The molecule has 7 nitrogen and oxygen atoms in total. The summed E-state index contributed by atoms with van der Waals surface area (Å²) in [7, 11) is -3.61. The maximum absolute atomic E-state index is 13.0. The van der Waals surface area contributed by atoms with Gasteiger partial charge in [-0.2, -0.15) is 9.57 Å². The van der Waals surface area contributed by atoms with Crippen molar-refractivity contribution in [3.05, 3.63) is 29.3 Å². The fourth-order valence-corrected chi connectivity index (χ4v) is 5.60. The molecule has 1 amide bonds. The minimum atomic E-state index is -3.61. The normalized spacial score (nSPS) is 23.7. The topological polar surface area (TPSA) is 102 Å². The first-order chi connectivity index (χ1) is 12.9. The van der Waals surface area contributed by atoms with Crippen LogP contribution < -0.4 is 10.6 Å². The Kier molecular flexibility index (Phi) is 6.15. The van der Waals surface area contributed by atoms with Gasteiger partial charge >= 0.3 is 0 Å². The summed E-state index contributed by atoms with van der Waals surface area (Å²) >= 11 is 0. The molecule has 2 fully saturated rings. The third-order valence-corrected chi connectivity index (χ3v) is 7.37. The van der Waals surface area contributed by atoms with E-state index in [-0.39, 0.29) is 22.8 Å². The van der Waals surface area contributed by atoms with Crippen LogP contribution in [-0.2, 0) is 14.8 Å². The van der Waals surface area contributed by atoms with Crippen molar-refractivity contribution < 1.29 is 13.2 Å². The number of nitriles is 1. The molecule has 0 radical (unpaired) electrons. The molecule has 2 saturated heterocycles. The summed E-state index contributed by atoms with van der Waals surface area (Å²) in [5, 5.41) is 15.1. The lowest BCUT2D eigenvalue weighted by Crippen LogP contribution is -2.46. The number of rotatable bonds is 5. The average Bonchev–Trinajstić information content (AvgIpc) is 3.21. The molecule has 1 aromatic rings. The molecule has 0 spiro atoms. The van der Waals surface area contributed by atoms with E-state index in [1.807, 2.05) is 6.07 Å². The Bertz CT molecular complexity index is 841. The van der Waals surface area contributed by atoms with Crippen LogP contribution in [0.5, 0.6) is 0 Å². The zero-order valence-electron chi connectivity index (χ0n) is 15.6. The maximum atomic E-state index is 13.0. The second-order valence-corrected chi connectivity index (χ2v) is 9.26. The summed E-state index contributed by atoms with van der Waals surface area (Å²) in [4.78, 5) is 12.4. The average molecular weight is 391 g/mol. The smallest absolute Gasteiger partial charge is 0.243 e. The fourth-order valence-electron chi connectivity index (χ4n) is 3.84. The molecule has 146 valence electrons. The Hall–Kier alpha value is -1.95. The van der Waals surface area contributed by atoms with Crippen molar-refractivity contribution >= 4 is 15.9 Å². The number of hydrogen-bond acceptors (Lipinski definition) is 5. The summed E-state index contributed by atoms with van der Waals surface area (Å²) in [6.07, 6.45) is 3.54. The van der Waals surface area contributed by atoms with Gasteiger partial charge in [0.15, 0.2) is 0 Å². The predicted molar refractivity (Wildman–Crippen MR) is 101 cm³/mol. The second-order valence-electron chi connectivity index (χ2n) is 7.36. The lowest BCUT2D eigenvalue weighted by atomic mass is 9.99. The van der Waals surface area contributed by atoms with E-state index in [4.69, 9.17) is 5.26 Å². The van der Waals surface area contributed by atoms with Crippen molar-refractivity contribution in [1.29, 1.82) is 5.26 Å². The van der Waals surface area contributed by atoms with Gasteiger partial charge in [0.2, 0.25) is 15.9 Å². The maximum Gasteiger partial charge on any atom is 0.243 e. The first-order valence-corrected chi connectivity index (χ1v) is 10.9. The molecule has 0 saturated carbocycles. The minimum absolute atomic E-state index is 0.00965. The molecular formula is C19H26N4O3S. The zero-order chi connectivity index (χ0) is 19.4. The molecule has 1 aromatic carbocycles. The molecule has 3 rings (SSSR count). The van der Waals surface area contributed by atoms with E-state index < -0.39 is 10.0 Å². The number of sulfonamides is 1. The van der Waals surface area contributed by atoms with Gasteiger partial charge in [0.1, 0.15) is 0 Å². The summed E-state index contributed by atoms with van der Waals surface area (Å²) in [5.74, 6) is 0.119. The van der Waals surface area contributed by atoms with Crippen LogP contribution in [0, 0.1) is 24.2 Å². The van der Waals surface area contributed by atoms with Gasteiger partial charge < -0.3 is 10.6 Å². The minimum Gasteiger partial charge on any atom is -0.354 e. The Morgan fingerprint density at radius 2 is 2.19 bits per heavy atom. The monoisotopic (exact) mass is 390 g/mol. The molecule has 2 aliphatic rings. The third kappa shape index (κ3) is 4.49. The molecule has 2 atom stereocenters. The molecule has 0 bridgehead atoms. The molecule has 2 N–H and O–H groups in total. The van der Waals surface area contributed by atoms with Crippen molar-refractivity contribution in [2.24, 2.45) is 5.92 Å². The van der Waals surface area contributed by atoms with Crippen molar-refractivity contribution in [1.82, 2.24) is 14.9 Å². The lowest BCUT2D eigenvalue weighted by molar-refractivity contribution is -0.123. The Morgan fingerprint density at radius 1 is 1.37 bits per heavy atom. The van der Waals surface area contributed by atoms with Gasteiger partial charge in [-0.1, -0.05) is 0 Å². The number of nitrogens with zero attached hydrogens (tertiary/aromatic N) is 2. The zero-order valence-corrected chi connectivity index (χ0v) is 16.4. The first-order valence-electron chi connectivity index (χ1n) is 9.44. The van der Waals surface area contributed by atoms with Crippen molar-refractivity contribution in [3.8, 4) is 6.07 Å². The molecular weight excluding hydrogens is 364 g/mol. The highest BCUT2D eigenvalue weighted by Crippen LogP contribution is 2.26. The summed E-state index contributed by atoms with van der Waals surface area (Å²) in [6, 6.07) is 6.57. The van der Waals surface area contributed by atoms with Gasteiger partial charge in [-0.15, -0.1) is 0 Å². The summed E-state index contributed by atoms with van der Waals surface area (Å²) in [5.41, 5.74) is 1.03. The molecule has 0 aliphatic carbocycles. The van der Waals surface area contributed by atoms with Crippen LogP contribution in [0.25, 0.3) is 0 Å².